The lowest BCUT2D eigenvalue weighted by Gasteiger charge is -2.36. The minimum absolute atomic E-state index is 0.0778. The normalized spacial score (nSPS) is 22.6. The van der Waals surface area contributed by atoms with Crippen LogP contribution >= 0.6 is 0 Å². The molecular weight excluding hydrogens is 258 g/mol. The summed E-state index contributed by atoms with van der Waals surface area (Å²) in [6.07, 6.45) is 2.30. The van der Waals surface area contributed by atoms with E-state index in [4.69, 9.17) is 0 Å². The Morgan fingerprint density at radius 1 is 1.25 bits per heavy atom. The molecule has 1 aromatic rings. The first-order valence-corrected chi connectivity index (χ1v) is 6.94. The molecule has 7 nitrogen and oxygen atoms in total. The number of imidazole rings is 1. The first-order valence-electron chi connectivity index (χ1n) is 6.94. The summed E-state index contributed by atoms with van der Waals surface area (Å²) in [4.78, 5) is 34.7. The number of hydrogen-bond acceptors (Lipinski definition) is 4. The summed E-state index contributed by atoms with van der Waals surface area (Å²) in [7, 11) is 0. The van der Waals surface area contributed by atoms with Crippen molar-refractivity contribution < 1.29 is 9.59 Å². The maximum absolute atomic E-state index is 12.5. The summed E-state index contributed by atoms with van der Waals surface area (Å²) in [6, 6.07) is -0.199. The van der Waals surface area contributed by atoms with E-state index in [-0.39, 0.29) is 17.9 Å². The van der Waals surface area contributed by atoms with E-state index in [1.54, 1.807) is 18.2 Å². The molecule has 1 aromatic heterocycles. The Bertz CT molecular complexity index is 519. The van der Waals surface area contributed by atoms with Crippen LogP contribution in [0, 0.1) is 0 Å². The molecule has 2 aliphatic rings. The smallest absolute Gasteiger partial charge is 0.240 e. The fraction of sp³-hybridized carbons (Fsp3) is 0.615. The third-order valence-electron chi connectivity index (χ3n) is 4.06. The van der Waals surface area contributed by atoms with E-state index >= 15 is 0 Å². The molecule has 0 saturated carbocycles. The molecule has 0 aromatic carbocycles. The Morgan fingerprint density at radius 3 is 2.65 bits per heavy atom. The minimum atomic E-state index is -0.199. The van der Waals surface area contributed by atoms with Crippen molar-refractivity contribution in [1.82, 2.24) is 25.1 Å². The number of nitrogens with zero attached hydrogens (tertiary/aromatic N) is 3. The Kier molecular flexibility index (Phi) is 3.43. The van der Waals surface area contributed by atoms with Gasteiger partial charge in [-0.25, -0.2) is 4.98 Å². The molecule has 1 fully saturated rings. The minimum Gasteiger partial charge on any atom is -0.347 e. The molecule has 3 heterocycles. The quantitative estimate of drug-likeness (QED) is 0.698. The maximum atomic E-state index is 12.5. The second-order valence-electron chi connectivity index (χ2n) is 5.30. The molecule has 1 atom stereocenters. The predicted octanol–water partition coefficient (Wildman–Crippen LogP) is -0.885. The number of aromatic amines is 1. The fourth-order valence-corrected chi connectivity index (χ4v) is 2.81. The number of piperazine rings is 1. The number of carbonyl (C=O) groups excluding carboxylic acids is 2. The molecule has 7 heteroatoms. The lowest BCUT2D eigenvalue weighted by Crippen LogP contribution is -2.56. The molecule has 2 amide bonds. The second-order valence-corrected chi connectivity index (χ2v) is 5.30. The number of amides is 2. The zero-order valence-corrected chi connectivity index (χ0v) is 11.6. The molecule has 0 bridgehead atoms. The highest BCUT2D eigenvalue weighted by Crippen LogP contribution is 2.14. The van der Waals surface area contributed by atoms with Crippen molar-refractivity contribution in [3.63, 3.8) is 0 Å². The van der Waals surface area contributed by atoms with Crippen LogP contribution in [-0.2, 0) is 22.6 Å². The van der Waals surface area contributed by atoms with E-state index in [0.717, 1.165) is 11.4 Å². The van der Waals surface area contributed by atoms with Crippen molar-refractivity contribution >= 4 is 11.8 Å². The number of nitrogens with one attached hydrogen (secondary N) is 2. The first kappa shape index (κ1) is 13.1. The van der Waals surface area contributed by atoms with E-state index in [1.165, 1.54) is 0 Å². The van der Waals surface area contributed by atoms with Crippen LogP contribution in [0.25, 0.3) is 0 Å². The van der Waals surface area contributed by atoms with E-state index in [9.17, 15) is 9.59 Å². The summed E-state index contributed by atoms with van der Waals surface area (Å²) in [6.45, 7) is 4.70. The Labute approximate surface area is 117 Å². The van der Waals surface area contributed by atoms with Gasteiger partial charge in [-0.15, -0.1) is 0 Å². The summed E-state index contributed by atoms with van der Waals surface area (Å²) < 4.78 is 0. The van der Waals surface area contributed by atoms with Gasteiger partial charge in [0.15, 0.2) is 0 Å². The van der Waals surface area contributed by atoms with E-state index < -0.39 is 0 Å². The lowest BCUT2D eigenvalue weighted by atomic mass is 10.0. The fourth-order valence-electron chi connectivity index (χ4n) is 2.81. The first-order chi connectivity index (χ1) is 9.65. The third-order valence-corrected chi connectivity index (χ3v) is 4.06. The van der Waals surface area contributed by atoms with E-state index in [1.807, 2.05) is 4.90 Å². The number of hydrogen-bond donors (Lipinski definition) is 2. The van der Waals surface area contributed by atoms with Crippen LogP contribution < -0.4 is 5.32 Å². The summed E-state index contributed by atoms with van der Waals surface area (Å²) >= 11 is 0. The van der Waals surface area contributed by atoms with Crippen LogP contribution in [0.3, 0.4) is 0 Å². The SMILES string of the molecule is CC(=O)N1CCN(C(=O)C2Cc3nc[nH]c3CN2)CC1. The molecule has 20 heavy (non-hydrogen) atoms. The van der Waals surface area contributed by atoms with Crippen LogP contribution in [0.4, 0.5) is 0 Å². The van der Waals surface area contributed by atoms with Crippen molar-refractivity contribution in [2.75, 3.05) is 26.2 Å². The average molecular weight is 277 g/mol. The lowest BCUT2D eigenvalue weighted by molar-refractivity contribution is -0.140. The zero-order chi connectivity index (χ0) is 14.1. The van der Waals surface area contributed by atoms with Gasteiger partial charge in [-0.05, 0) is 0 Å². The standard InChI is InChI=1S/C13H19N5O2/c1-9(19)17-2-4-18(5-3-17)13(20)11-6-10-12(7-14-11)16-8-15-10/h8,11,14H,2-7H2,1H3,(H,15,16). The molecule has 108 valence electrons. The van der Waals surface area contributed by atoms with E-state index in [2.05, 4.69) is 15.3 Å². The molecule has 2 aliphatic heterocycles. The average Bonchev–Trinajstić information content (AvgIpc) is 2.94. The van der Waals surface area contributed by atoms with Crippen LogP contribution in [0.15, 0.2) is 6.33 Å². The predicted molar refractivity (Wildman–Crippen MR) is 71.8 cm³/mol. The van der Waals surface area contributed by atoms with Crippen molar-refractivity contribution in [3.05, 3.63) is 17.7 Å². The van der Waals surface area contributed by atoms with Gasteiger partial charge in [0.2, 0.25) is 11.8 Å². The second kappa shape index (κ2) is 5.24. The molecule has 3 rings (SSSR count). The highest BCUT2D eigenvalue weighted by atomic mass is 16.2. The van der Waals surface area contributed by atoms with Gasteiger partial charge >= 0.3 is 0 Å². The van der Waals surface area contributed by atoms with Gasteiger partial charge in [0, 0.05) is 46.1 Å². The molecule has 0 radical (unpaired) electrons. The molecule has 0 aliphatic carbocycles. The number of H-pyrrole nitrogens is 1. The maximum Gasteiger partial charge on any atom is 0.240 e. The summed E-state index contributed by atoms with van der Waals surface area (Å²) in [5.74, 6) is 0.191. The van der Waals surface area contributed by atoms with E-state index in [0.29, 0.717) is 39.1 Å². The zero-order valence-electron chi connectivity index (χ0n) is 11.6. The summed E-state index contributed by atoms with van der Waals surface area (Å²) in [5.41, 5.74) is 2.04. The van der Waals surface area contributed by atoms with Crippen molar-refractivity contribution in [2.45, 2.75) is 25.9 Å². The third kappa shape index (κ3) is 2.40. The molecular formula is C13H19N5O2. The Balaban J connectivity index is 1.59. The van der Waals surface area contributed by atoms with Gasteiger partial charge in [0.1, 0.15) is 0 Å². The van der Waals surface area contributed by atoms with Crippen LogP contribution in [0.5, 0.6) is 0 Å². The van der Waals surface area contributed by atoms with Gasteiger partial charge in [0.25, 0.3) is 0 Å². The Hall–Kier alpha value is -1.89. The molecule has 2 N–H and O–H groups in total. The van der Waals surface area contributed by atoms with Gasteiger partial charge in [-0.2, -0.15) is 0 Å². The largest absolute Gasteiger partial charge is 0.347 e. The molecule has 0 spiro atoms. The van der Waals surface area contributed by atoms with Gasteiger partial charge in [0.05, 0.1) is 23.8 Å². The van der Waals surface area contributed by atoms with Crippen molar-refractivity contribution in [1.29, 1.82) is 0 Å². The monoisotopic (exact) mass is 277 g/mol. The van der Waals surface area contributed by atoms with Gasteiger partial charge < -0.3 is 14.8 Å². The number of aromatic nitrogens is 2. The topological polar surface area (TPSA) is 81.3 Å². The van der Waals surface area contributed by atoms with Crippen molar-refractivity contribution in [3.8, 4) is 0 Å². The van der Waals surface area contributed by atoms with Gasteiger partial charge in [-0.3, -0.25) is 14.9 Å². The highest BCUT2D eigenvalue weighted by Gasteiger charge is 2.31. The summed E-state index contributed by atoms with van der Waals surface area (Å²) in [5, 5.41) is 3.25. The van der Waals surface area contributed by atoms with Crippen LogP contribution in [-0.4, -0.2) is 63.8 Å². The van der Waals surface area contributed by atoms with Gasteiger partial charge in [-0.1, -0.05) is 0 Å². The molecule has 1 saturated heterocycles. The Morgan fingerprint density at radius 2 is 1.95 bits per heavy atom. The van der Waals surface area contributed by atoms with Crippen molar-refractivity contribution in [2.24, 2.45) is 0 Å². The highest BCUT2D eigenvalue weighted by molar-refractivity contribution is 5.83. The van der Waals surface area contributed by atoms with Crippen LogP contribution in [0.2, 0.25) is 0 Å². The number of carbonyl (C=O) groups is 2. The number of rotatable bonds is 1. The molecule has 1 unspecified atom stereocenters. The van der Waals surface area contributed by atoms with Crippen LogP contribution in [0.1, 0.15) is 18.3 Å². The number of fused-ring (bicyclic) bond motifs is 1.